The molecule has 7 nitrogen and oxygen atoms in total. The molecular formula is C23H19ClN4O3. The summed E-state index contributed by atoms with van der Waals surface area (Å²) in [6.07, 6.45) is 0. The van der Waals surface area contributed by atoms with E-state index in [0.717, 1.165) is 5.56 Å². The summed E-state index contributed by atoms with van der Waals surface area (Å²) in [5.41, 5.74) is 1.98. The second-order valence-corrected chi connectivity index (χ2v) is 6.94. The van der Waals surface area contributed by atoms with E-state index in [1.807, 2.05) is 42.5 Å². The van der Waals surface area contributed by atoms with Gasteiger partial charge in [0.2, 0.25) is 5.82 Å². The Kier molecular flexibility index (Phi) is 5.86. The molecule has 4 rings (SSSR count). The molecular weight excluding hydrogens is 416 g/mol. The average molecular weight is 435 g/mol. The van der Waals surface area contributed by atoms with E-state index in [0.29, 0.717) is 33.7 Å². The lowest BCUT2D eigenvalue weighted by Gasteiger charge is -2.08. The molecule has 1 heterocycles. The molecule has 0 aliphatic rings. The van der Waals surface area contributed by atoms with Crippen molar-refractivity contribution < 1.29 is 14.3 Å². The van der Waals surface area contributed by atoms with Crippen LogP contribution in [0.25, 0.3) is 17.1 Å². The Hall–Kier alpha value is -3.84. The highest BCUT2D eigenvalue weighted by molar-refractivity contribution is 6.32. The Morgan fingerprint density at radius 1 is 0.903 bits per heavy atom. The zero-order valence-corrected chi connectivity index (χ0v) is 17.6. The van der Waals surface area contributed by atoms with Crippen molar-refractivity contribution in [1.29, 1.82) is 0 Å². The number of carbonyl (C=O) groups excluding carboxylic acids is 1. The van der Waals surface area contributed by atoms with Gasteiger partial charge in [-0.1, -0.05) is 23.7 Å². The van der Waals surface area contributed by atoms with E-state index in [2.05, 4.69) is 15.4 Å². The molecule has 0 saturated carbocycles. The number of halogens is 1. The number of aromatic nitrogens is 3. The van der Waals surface area contributed by atoms with Gasteiger partial charge in [-0.2, -0.15) is 0 Å². The van der Waals surface area contributed by atoms with E-state index < -0.39 is 5.91 Å². The van der Waals surface area contributed by atoms with Crippen LogP contribution < -0.4 is 14.8 Å². The number of carbonyl (C=O) groups is 1. The third kappa shape index (κ3) is 4.36. The lowest BCUT2D eigenvalue weighted by Crippen LogP contribution is -2.14. The van der Waals surface area contributed by atoms with Crippen LogP contribution in [0.1, 0.15) is 10.6 Å². The van der Waals surface area contributed by atoms with E-state index >= 15 is 0 Å². The van der Waals surface area contributed by atoms with Crippen molar-refractivity contribution in [3.8, 4) is 28.6 Å². The molecule has 1 N–H and O–H groups in total. The molecule has 0 atom stereocenters. The maximum Gasteiger partial charge on any atom is 0.295 e. The summed E-state index contributed by atoms with van der Waals surface area (Å²) in [6.45, 7) is 0. The first kappa shape index (κ1) is 20.4. The van der Waals surface area contributed by atoms with Crippen LogP contribution in [0.5, 0.6) is 11.5 Å². The summed E-state index contributed by atoms with van der Waals surface area (Å²) in [5.74, 6) is 1.47. The van der Waals surface area contributed by atoms with Gasteiger partial charge in [0.1, 0.15) is 11.5 Å². The summed E-state index contributed by atoms with van der Waals surface area (Å²) in [6, 6.07) is 21.6. The number of methoxy groups -OCH3 is 2. The fourth-order valence-corrected chi connectivity index (χ4v) is 3.20. The van der Waals surface area contributed by atoms with Crippen LogP contribution in [0.15, 0.2) is 72.8 Å². The topological polar surface area (TPSA) is 78.3 Å². The van der Waals surface area contributed by atoms with Gasteiger partial charge in [0.25, 0.3) is 5.91 Å². The molecule has 0 radical (unpaired) electrons. The molecule has 0 saturated heterocycles. The van der Waals surface area contributed by atoms with Crippen molar-refractivity contribution in [2.75, 3.05) is 19.5 Å². The van der Waals surface area contributed by atoms with Gasteiger partial charge in [-0.3, -0.25) is 4.79 Å². The number of anilines is 1. The van der Waals surface area contributed by atoms with Crippen molar-refractivity contribution in [2.24, 2.45) is 0 Å². The first-order chi connectivity index (χ1) is 15.1. The third-order valence-corrected chi connectivity index (χ3v) is 4.91. The van der Waals surface area contributed by atoms with Crippen molar-refractivity contribution >= 4 is 23.2 Å². The van der Waals surface area contributed by atoms with Crippen LogP contribution in [0.2, 0.25) is 5.02 Å². The lowest BCUT2D eigenvalue weighted by molar-refractivity contribution is 0.101. The first-order valence-corrected chi connectivity index (χ1v) is 9.78. The number of hydrogen-bond acceptors (Lipinski definition) is 5. The minimum absolute atomic E-state index is 0.0153. The smallest absolute Gasteiger partial charge is 0.295 e. The van der Waals surface area contributed by atoms with Gasteiger partial charge in [0.05, 0.1) is 24.9 Å². The second-order valence-electron chi connectivity index (χ2n) is 6.53. The Labute approximate surface area is 184 Å². The van der Waals surface area contributed by atoms with Crippen LogP contribution in [0.4, 0.5) is 5.69 Å². The second kappa shape index (κ2) is 8.89. The number of para-hydroxylation sites is 1. The van der Waals surface area contributed by atoms with Crippen molar-refractivity contribution in [1.82, 2.24) is 14.8 Å². The summed E-state index contributed by atoms with van der Waals surface area (Å²) in [5, 5.41) is 7.73. The Morgan fingerprint density at radius 3 is 2.13 bits per heavy atom. The average Bonchev–Trinajstić information content (AvgIpc) is 3.25. The minimum atomic E-state index is -0.439. The number of nitrogens with zero attached hydrogens (tertiary/aromatic N) is 3. The zero-order chi connectivity index (χ0) is 21.8. The van der Waals surface area contributed by atoms with Gasteiger partial charge in [-0.05, 0) is 60.7 Å². The quantitative estimate of drug-likeness (QED) is 0.469. The Morgan fingerprint density at radius 2 is 1.52 bits per heavy atom. The predicted octanol–water partition coefficient (Wildman–Crippen LogP) is 4.86. The number of amides is 1. The van der Waals surface area contributed by atoms with Gasteiger partial charge in [0, 0.05) is 11.3 Å². The van der Waals surface area contributed by atoms with E-state index in [1.165, 1.54) is 0 Å². The molecule has 4 aromatic rings. The highest BCUT2D eigenvalue weighted by Crippen LogP contribution is 2.27. The Balaban J connectivity index is 1.73. The van der Waals surface area contributed by atoms with Gasteiger partial charge in [0.15, 0.2) is 5.82 Å². The largest absolute Gasteiger partial charge is 0.497 e. The summed E-state index contributed by atoms with van der Waals surface area (Å²) < 4.78 is 11.9. The van der Waals surface area contributed by atoms with Gasteiger partial charge >= 0.3 is 0 Å². The molecule has 0 fully saturated rings. The normalized spacial score (nSPS) is 10.5. The van der Waals surface area contributed by atoms with E-state index in [1.54, 1.807) is 49.2 Å². The molecule has 0 bridgehead atoms. The maximum absolute atomic E-state index is 12.8. The van der Waals surface area contributed by atoms with Crippen molar-refractivity contribution in [3.05, 3.63) is 83.6 Å². The Bertz CT molecular complexity index is 1200. The monoisotopic (exact) mass is 434 g/mol. The van der Waals surface area contributed by atoms with E-state index in [-0.39, 0.29) is 5.82 Å². The number of rotatable bonds is 6. The number of ether oxygens (including phenoxy) is 2. The zero-order valence-electron chi connectivity index (χ0n) is 16.9. The van der Waals surface area contributed by atoms with Crippen LogP contribution in [0.3, 0.4) is 0 Å². The summed E-state index contributed by atoms with van der Waals surface area (Å²) in [7, 11) is 3.18. The molecule has 0 spiro atoms. The molecule has 0 aliphatic carbocycles. The molecule has 31 heavy (non-hydrogen) atoms. The molecule has 0 unspecified atom stereocenters. The molecule has 1 aromatic heterocycles. The molecule has 1 amide bonds. The predicted molar refractivity (Wildman–Crippen MR) is 119 cm³/mol. The van der Waals surface area contributed by atoms with Crippen LogP contribution >= 0.6 is 11.6 Å². The van der Waals surface area contributed by atoms with Crippen molar-refractivity contribution in [2.45, 2.75) is 0 Å². The highest BCUT2D eigenvalue weighted by atomic mass is 35.5. The molecule has 3 aromatic carbocycles. The van der Waals surface area contributed by atoms with Gasteiger partial charge < -0.3 is 14.8 Å². The van der Waals surface area contributed by atoms with Crippen LogP contribution in [-0.2, 0) is 0 Å². The van der Waals surface area contributed by atoms with Gasteiger partial charge in [-0.15, -0.1) is 5.10 Å². The molecule has 0 aliphatic heterocycles. The molecule has 8 heteroatoms. The molecule has 156 valence electrons. The standard InChI is InChI=1S/C23H19ClN4O3/c1-30-17-11-7-15(8-12-17)22-26-21(27-28(22)20-6-4-3-5-19(20)24)23(29)25-16-9-13-18(31-2)14-10-16/h3-14H,1-2H3,(H,25,29). The first-order valence-electron chi connectivity index (χ1n) is 9.41. The number of hydrogen-bond donors (Lipinski definition) is 1. The van der Waals surface area contributed by atoms with Crippen LogP contribution in [-0.4, -0.2) is 34.9 Å². The van der Waals surface area contributed by atoms with Crippen LogP contribution in [0, 0.1) is 0 Å². The fourth-order valence-electron chi connectivity index (χ4n) is 2.99. The fraction of sp³-hybridized carbons (Fsp3) is 0.0870. The summed E-state index contributed by atoms with van der Waals surface area (Å²) >= 11 is 6.39. The minimum Gasteiger partial charge on any atom is -0.497 e. The summed E-state index contributed by atoms with van der Waals surface area (Å²) in [4.78, 5) is 17.3. The van der Waals surface area contributed by atoms with E-state index in [9.17, 15) is 4.79 Å². The van der Waals surface area contributed by atoms with Gasteiger partial charge in [-0.25, -0.2) is 9.67 Å². The number of benzene rings is 3. The number of nitrogens with one attached hydrogen (secondary N) is 1. The van der Waals surface area contributed by atoms with E-state index in [4.69, 9.17) is 21.1 Å². The third-order valence-electron chi connectivity index (χ3n) is 4.59. The highest BCUT2D eigenvalue weighted by Gasteiger charge is 2.20. The SMILES string of the molecule is COc1ccc(NC(=O)c2nc(-c3ccc(OC)cc3)n(-c3ccccc3Cl)n2)cc1. The van der Waals surface area contributed by atoms with Crippen molar-refractivity contribution in [3.63, 3.8) is 0 Å². The lowest BCUT2D eigenvalue weighted by atomic mass is 10.2. The maximum atomic E-state index is 12.8.